The first kappa shape index (κ1) is 13.4. The number of aryl methyl sites for hydroxylation is 1. The van der Waals surface area contributed by atoms with Gasteiger partial charge in [-0.2, -0.15) is 5.10 Å². The number of nitrogens with zero attached hydrogens (tertiary/aromatic N) is 2. The highest BCUT2D eigenvalue weighted by molar-refractivity contribution is 6.30. The van der Waals surface area contributed by atoms with Crippen LogP contribution in [0.15, 0.2) is 36.7 Å². The molecule has 0 saturated carbocycles. The minimum Gasteiger partial charge on any atom is -0.370 e. The van der Waals surface area contributed by atoms with Crippen molar-refractivity contribution in [3.8, 4) is 0 Å². The van der Waals surface area contributed by atoms with Crippen molar-refractivity contribution in [3.63, 3.8) is 0 Å². The predicted molar refractivity (Wildman–Crippen MR) is 74.9 cm³/mol. The Kier molecular flexibility index (Phi) is 4.06. The van der Waals surface area contributed by atoms with Gasteiger partial charge in [-0.05, 0) is 31.2 Å². The Morgan fingerprint density at radius 3 is 2.68 bits per heavy atom. The molecule has 0 radical (unpaired) electrons. The quantitative estimate of drug-likeness (QED) is 0.880. The van der Waals surface area contributed by atoms with Gasteiger partial charge in [0.1, 0.15) is 6.04 Å². The van der Waals surface area contributed by atoms with Crippen molar-refractivity contribution in [2.75, 3.05) is 5.32 Å². The molecule has 2 aromatic rings. The number of primary amides is 1. The molecule has 1 atom stereocenters. The molecule has 1 heterocycles. The van der Waals surface area contributed by atoms with Gasteiger partial charge in [0.15, 0.2) is 0 Å². The van der Waals surface area contributed by atoms with Crippen molar-refractivity contribution in [2.24, 2.45) is 5.73 Å². The molecular weight excluding hydrogens is 264 g/mol. The summed E-state index contributed by atoms with van der Waals surface area (Å²) in [5.74, 6) is -0.453. The number of rotatable bonds is 5. The molecule has 5 nitrogen and oxygen atoms in total. The maximum absolute atomic E-state index is 11.6. The van der Waals surface area contributed by atoms with Crippen molar-refractivity contribution < 1.29 is 4.79 Å². The second-order valence-electron chi connectivity index (χ2n) is 4.12. The lowest BCUT2D eigenvalue weighted by molar-refractivity contribution is -0.118. The minimum absolute atomic E-state index is 0.453. The van der Waals surface area contributed by atoms with E-state index < -0.39 is 11.9 Å². The molecule has 2 rings (SSSR count). The molecule has 1 aromatic carbocycles. The van der Waals surface area contributed by atoms with E-state index in [1.807, 2.05) is 6.92 Å². The van der Waals surface area contributed by atoms with Crippen LogP contribution in [0.5, 0.6) is 0 Å². The first-order chi connectivity index (χ1) is 9.10. The molecule has 6 heteroatoms. The van der Waals surface area contributed by atoms with E-state index in [-0.39, 0.29) is 0 Å². The Hall–Kier alpha value is -2.01. The maximum atomic E-state index is 11.6. The van der Waals surface area contributed by atoms with E-state index in [4.69, 9.17) is 17.3 Å². The minimum atomic E-state index is -0.610. The Labute approximate surface area is 116 Å². The number of aromatic nitrogens is 2. The fourth-order valence-electron chi connectivity index (χ4n) is 1.73. The smallest absolute Gasteiger partial charge is 0.244 e. The monoisotopic (exact) mass is 278 g/mol. The standard InChI is InChI=1S/C13H15ClN4O/c1-2-18-8-9(7-16-18)12(13(15)19)17-11-5-3-10(14)4-6-11/h3-8,12,17H,2H2,1H3,(H2,15,19). The van der Waals surface area contributed by atoms with E-state index >= 15 is 0 Å². The number of benzene rings is 1. The molecular formula is C13H15ClN4O. The largest absolute Gasteiger partial charge is 0.370 e. The number of hydrogen-bond acceptors (Lipinski definition) is 3. The second kappa shape index (κ2) is 5.75. The molecule has 1 amide bonds. The number of carbonyl (C=O) groups is 1. The first-order valence-electron chi connectivity index (χ1n) is 5.94. The van der Waals surface area contributed by atoms with Crippen LogP contribution in [0.1, 0.15) is 18.5 Å². The van der Waals surface area contributed by atoms with Crippen molar-refractivity contribution in [3.05, 3.63) is 47.2 Å². The highest BCUT2D eigenvalue weighted by atomic mass is 35.5. The fraction of sp³-hybridized carbons (Fsp3) is 0.231. The average Bonchev–Trinajstić information content (AvgIpc) is 2.86. The van der Waals surface area contributed by atoms with Gasteiger partial charge in [-0.25, -0.2) is 0 Å². The molecule has 1 aromatic heterocycles. The molecule has 3 N–H and O–H groups in total. The fourth-order valence-corrected chi connectivity index (χ4v) is 1.86. The van der Waals surface area contributed by atoms with Crippen LogP contribution in [0.2, 0.25) is 5.02 Å². The molecule has 0 spiro atoms. The summed E-state index contributed by atoms with van der Waals surface area (Å²) >= 11 is 5.82. The third kappa shape index (κ3) is 3.26. The zero-order valence-electron chi connectivity index (χ0n) is 10.5. The van der Waals surface area contributed by atoms with E-state index in [0.717, 1.165) is 17.8 Å². The third-order valence-corrected chi connectivity index (χ3v) is 3.00. The summed E-state index contributed by atoms with van der Waals surface area (Å²) in [5, 5.41) is 7.85. The Morgan fingerprint density at radius 1 is 1.47 bits per heavy atom. The van der Waals surface area contributed by atoms with Crippen molar-refractivity contribution in [2.45, 2.75) is 19.5 Å². The second-order valence-corrected chi connectivity index (χ2v) is 4.55. The summed E-state index contributed by atoms with van der Waals surface area (Å²) in [6.07, 6.45) is 3.44. The van der Waals surface area contributed by atoms with Crippen LogP contribution in [-0.4, -0.2) is 15.7 Å². The Morgan fingerprint density at radius 2 is 2.16 bits per heavy atom. The Balaban J connectivity index is 2.21. The predicted octanol–water partition coefficient (Wildman–Crippen LogP) is 2.19. The highest BCUT2D eigenvalue weighted by Crippen LogP contribution is 2.20. The molecule has 0 fully saturated rings. The van der Waals surface area contributed by atoms with Crippen molar-refractivity contribution in [1.29, 1.82) is 0 Å². The van der Waals surface area contributed by atoms with E-state index in [9.17, 15) is 4.79 Å². The van der Waals surface area contributed by atoms with Crippen molar-refractivity contribution >= 4 is 23.2 Å². The highest BCUT2D eigenvalue weighted by Gasteiger charge is 2.19. The van der Waals surface area contributed by atoms with E-state index in [0.29, 0.717) is 5.02 Å². The van der Waals surface area contributed by atoms with Gasteiger partial charge in [-0.1, -0.05) is 11.6 Å². The van der Waals surface area contributed by atoms with Crippen LogP contribution >= 0.6 is 11.6 Å². The number of amides is 1. The van der Waals surface area contributed by atoms with E-state index in [2.05, 4.69) is 10.4 Å². The lowest BCUT2D eigenvalue weighted by Crippen LogP contribution is -2.27. The number of nitrogens with one attached hydrogen (secondary N) is 1. The molecule has 100 valence electrons. The van der Waals surface area contributed by atoms with Crippen LogP contribution in [0, 0.1) is 0 Å². The molecule has 0 bridgehead atoms. The topological polar surface area (TPSA) is 72.9 Å². The van der Waals surface area contributed by atoms with Gasteiger partial charge < -0.3 is 11.1 Å². The van der Waals surface area contributed by atoms with Crippen molar-refractivity contribution in [1.82, 2.24) is 9.78 Å². The summed E-state index contributed by atoms with van der Waals surface area (Å²) in [5.41, 5.74) is 6.95. The molecule has 0 aliphatic rings. The van der Waals surface area contributed by atoms with Crippen LogP contribution < -0.4 is 11.1 Å². The van der Waals surface area contributed by atoms with Crippen LogP contribution in [0.3, 0.4) is 0 Å². The average molecular weight is 279 g/mol. The summed E-state index contributed by atoms with van der Waals surface area (Å²) in [4.78, 5) is 11.6. The number of carbonyl (C=O) groups excluding carboxylic acids is 1. The molecule has 0 aliphatic heterocycles. The Bertz CT molecular complexity index is 564. The number of nitrogens with two attached hydrogens (primary N) is 1. The summed E-state index contributed by atoms with van der Waals surface area (Å²) in [6.45, 7) is 2.72. The first-order valence-corrected chi connectivity index (χ1v) is 6.31. The summed E-state index contributed by atoms with van der Waals surface area (Å²) < 4.78 is 1.74. The van der Waals surface area contributed by atoms with Gasteiger partial charge in [0.05, 0.1) is 6.20 Å². The zero-order chi connectivity index (χ0) is 13.8. The normalized spacial score (nSPS) is 12.1. The number of halogens is 1. The maximum Gasteiger partial charge on any atom is 0.244 e. The van der Waals surface area contributed by atoms with Crippen LogP contribution in [0.25, 0.3) is 0 Å². The number of anilines is 1. The lowest BCUT2D eigenvalue weighted by atomic mass is 10.1. The summed E-state index contributed by atoms with van der Waals surface area (Å²) in [7, 11) is 0. The van der Waals surface area contributed by atoms with Crippen LogP contribution in [-0.2, 0) is 11.3 Å². The van der Waals surface area contributed by atoms with E-state index in [1.165, 1.54) is 0 Å². The molecule has 19 heavy (non-hydrogen) atoms. The third-order valence-electron chi connectivity index (χ3n) is 2.75. The zero-order valence-corrected chi connectivity index (χ0v) is 11.3. The summed E-state index contributed by atoms with van der Waals surface area (Å²) in [6, 6.07) is 6.47. The molecule has 0 saturated heterocycles. The molecule has 1 unspecified atom stereocenters. The molecule has 0 aliphatic carbocycles. The van der Waals surface area contributed by atoms with Gasteiger partial charge in [-0.15, -0.1) is 0 Å². The van der Waals surface area contributed by atoms with Gasteiger partial charge in [0.25, 0.3) is 0 Å². The van der Waals surface area contributed by atoms with Crippen LogP contribution in [0.4, 0.5) is 5.69 Å². The van der Waals surface area contributed by atoms with Gasteiger partial charge in [-0.3, -0.25) is 9.48 Å². The van der Waals surface area contributed by atoms with Gasteiger partial charge in [0.2, 0.25) is 5.91 Å². The SMILES string of the molecule is CCn1cc(C(Nc2ccc(Cl)cc2)C(N)=O)cn1. The van der Waals surface area contributed by atoms with E-state index in [1.54, 1.807) is 41.3 Å². The van der Waals surface area contributed by atoms with Gasteiger partial charge >= 0.3 is 0 Å². The lowest BCUT2D eigenvalue weighted by Gasteiger charge is -2.15. The van der Waals surface area contributed by atoms with Gasteiger partial charge in [0, 0.05) is 29.0 Å². The number of hydrogen-bond donors (Lipinski definition) is 2.